The lowest BCUT2D eigenvalue weighted by Gasteiger charge is -2.04. The maximum absolute atomic E-state index is 11.3. The molecule has 0 saturated carbocycles. The molecule has 0 spiro atoms. The minimum absolute atomic E-state index is 0.0175. The summed E-state index contributed by atoms with van der Waals surface area (Å²) < 4.78 is 4.84. The molecule has 4 nitrogen and oxygen atoms in total. The fourth-order valence-corrected chi connectivity index (χ4v) is 1.30. The van der Waals surface area contributed by atoms with Crippen LogP contribution in [-0.2, 0) is 4.74 Å². The van der Waals surface area contributed by atoms with Crippen molar-refractivity contribution in [1.82, 2.24) is 0 Å². The van der Waals surface area contributed by atoms with Crippen molar-refractivity contribution in [2.75, 3.05) is 17.7 Å². The summed E-state index contributed by atoms with van der Waals surface area (Å²) in [5.74, 6) is 5.76. The number of aryl methyl sites for hydroxylation is 1. The fraction of sp³-hybridized carbons (Fsp3) is 0.231. The normalized spacial score (nSPS) is 8.67. The Bertz CT molecular complexity index is 494. The maximum Gasteiger partial charge on any atom is 0.412 e. The Kier molecular flexibility index (Phi) is 6.24. The number of hydrogen-bond donors (Lipinski definition) is 1. The highest BCUT2D eigenvalue weighted by molar-refractivity contribution is 8.03. The van der Waals surface area contributed by atoms with Crippen molar-refractivity contribution in [3.05, 3.63) is 29.8 Å². The standard InChI is InChI=1S/C13H12N2O2S/c1-11-4-6-12(7-5-11)15-13(16)17-8-2-3-9-18-10-14/h4-7H,8-9H2,1H3,(H,15,16). The van der Waals surface area contributed by atoms with Gasteiger partial charge in [0.25, 0.3) is 0 Å². The van der Waals surface area contributed by atoms with Crippen molar-refractivity contribution in [3.63, 3.8) is 0 Å². The second-order valence-electron chi connectivity index (χ2n) is 3.30. The van der Waals surface area contributed by atoms with Crippen molar-refractivity contribution in [2.24, 2.45) is 0 Å². The summed E-state index contributed by atoms with van der Waals surface area (Å²) in [7, 11) is 0. The Morgan fingerprint density at radius 1 is 1.39 bits per heavy atom. The molecule has 1 aromatic carbocycles. The molecule has 0 aliphatic rings. The largest absolute Gasteiger partial charge is 0.436 e. The summed E-state index contributed by atoms with van der Waals surface area (Å²) in [6, 6.07) is 7.39. The highest BCUT2D eigenvalue weighted by atomic mass is 32.2. The molecule has 0 aromatic heterocycles. The number of carbonyl (C=O) groups is 1. The Balaban J connectivity index is 2.27. The number of thiocyanates is 1. The van der Waals surface area contributed by atoms with E-state index in [4.69, 9.17) is 10.00 Å². The maximum atomic E-state index is 11.3. The third-order valence-corrected chi connectivity index (χ3v) is 2.33. The molecule has 1 amide bonds. The number of carbonyl (C=O) groups excluding carboxylic acids is 1. The first-order valence-electron chi connectivity index (χ1n) is 5.19. The van der Waals surface area contributed by atoms with Crippen molar-refractivity contribution in [3.8, 4) is 17.2 Å². The Morgan fingerprint density at radius 2 is 2.11 bits per heavy atom. The van der Waals surface area contributed by atoms with Gasteiger partial charge in [-0.3, -0.25) is 5.32 Å². The summed E-state index contributed by atoms with van der Waals surface area (Å²) >= 11 is 1.05. The number of hydrogen-bond acceptors (Lipinski definition) is 4. The molecule has 0 atom stereocenters. The summed E-state index contributed by atoms with van der Waals surface area (Å²) in [6.07, 6.45) is -0.541. The van der Waals surface area contributed by atoms with E-state index in [1.807, 2.05) is 24.5 Å². The van der Waals surface area contributed by atoms with E-state index < -0.39 is 6.09 Å². The van der Waals surface area contributed by atoms with E-state index in [1.54, 1.807) is 12.1 Å². The van der Waals surface area contributed by atoms with Gasteiger partial charge in [-0.1, -0.05) is 29.5 Å². The molecule has 0 radical (unpaired) electrons. The summed E-state index contributed by atoms with van der Waals surface area (Å²) in [6.45, 7) is 1.99. The highest BCUT2D eigenvalue weighted by Gasteiger charge is 2.00. The lowest BCUT2D eigenvalue weighted by atomic mass is 10.2. The number of thioether (sulfide) groups is 1. The quantitative estimate of drug-likeness (QED) is 0.515. The van der Waals surface area contributed by atoms with Gasteiger partial charge in [-0.05, 0) is 30.8 Å². The zero-order chi connectivity index (χ0) is 13.2. The minimum atomic E-state index is -0.541. The van der Waals surface area contributed by atoms with Crippen LogP contribution in [0.15, 0.2) is 24.3 Å². The van der Waals surface area contributed by atoms with Gasteiger partial charge in [0.2, 0.25) is 0 Å². The van der Waals surface area contributed by atoms with E-state index in [2.05, 4.69) is 17.2 Å². The molecule has 0 aliphatic carbocycles. The monoisotopic (exact) mass is 260 g/mol. The average molecular weight is 260 g/mol. The highest BCUT2D eigenvalue weighted by Crippen LogP contribution is 2.08. The molecule has 0 fully saturated rings. The van der Waals surface area contributed by atoms with Crippen LogP contribution in [-0.4, -0.2) is 18.5 Å². The number of rotatable bonds is 3. The van der Waals surface area contributed by atoms with Crippen LogP contribution in [0.2, 0.25) is 0 Å². The van der Waals surface area contributed by atoms with Crippen LogP contribution in [0.1, 0.15) is 5.56 Å². The molecule has 0 unspecified atom stereocenters. The van der Waals surface area contributed by atoms with Crippen molar-refractivity contribution in [2.45, 2.75) is 6.92 Å². The number of anilines is 1. The topological polar surface area (TPSA) is 62.1 Å². The number of nitrogens with one attached hydrogen (secondary N) is 1. The van der Waals surface area contributed by atoms with Crippen LogP contribution >= 0.6 is 11.8 Å². The molecule has 18 heavy (non-hydrogen) atoms. The molecule has 92 valence electrons. The van der Waals surface area contributed by atoms with Gasteiger partial charge in [-0.2, -0.15) is 5.26 Å². The predicted molar refractivity (Wildman–Crippen MR) is 72.0 cm³/mol. The van der Waals surface area contributed by atoms with Crippen molar-refractivity contribution in [1.29, 1.82) is 5.26 Å². The van der Waals surface area contributed by atoms with Crippen LogP contribution in [0.25, 0.3) is 0 Å². The van der Waals surface area contributed by atoms with E-state index in [-0.39, 0.29) is 6.61 Å². The van der Waals surface area contributed by atoms with Gasteiger partial charge in [0.15, 0.2) is 6.61 Å². The number of ether oxygens (including phenoxy) is 1. The summed E-state index contributed by atoms with van der Waals surface area (Å²) in [5.41, 5.74) is 1.80. The first-order chi connectivity index (χ1) is 8.72. The molecule has 0 aliphatic heterocycles. The Hall–Kier alpha value is -2.11. The molecular weight excluding hydrogens is 248 g/mol. The molecular formula is C13H12N2O2S. The minimum Gasteiger partial charge on any atom is -0.436 e. The van der Waals surface area contributed by atoms with Crippen LogP contribution in [0.4, 0.5) is 10.5 Å². The lowest BCUT2D eigenvalue weighted by Crippen LogP contribution is -2.13. The van der Waals surface area contributed by atoms with E-state index >= 15 is 0 Å². The van der Waals surface area contributed by atoms with Crippen molar-refractivity contribution >= 4 is 23.5 Å². The molecule has 5 heteroatoms. The van der Waals surface area contributed by atoms with E-state index in [0.29, 0.717) is 11.4 Å². The second kappa shape index (κ2) is 8.05. The van der Waals surface area contributed by atoms with Gasteiger partial charge in [0.05, 0.1) is 5.75 Å². The number of benzene rings is 1. The Morgan fingerprint density at radius 3 is 2.78 bits per heavy atom. The number of amides is 1. The third kappa shape index (κ3) is 5.83. The number of nitriles is 1. The molecule has 0 bridgehead atoms. The zero-order valence-corrected chi connectivity index (χ0v) is 10.7. The van der Waals surface area contributed by atoms with Gasteiger partial charge >= 0.3 is 6.09 Å². The molecule has 1 rings (SSSR count). The lowest BCUT2D eigenvalue weighted by molar-refractivity contribution is 0.176. The zero-order valence-electron chi connectivity index (χ0n) is 9.90. The summed E-state index contributed by atoms with van der Waals surface area (Å²) in [4.78, 5) is 11.3. The smallest absolute Gasteiger partial charge is 0.412 e. The van der Waals surface area contributed by atoms with Crippen LogP contribution in [0.3, 0.4) is 0 Å². The Labute approximate surface area is 110 Å². The summed E-state index contributed by atoms with van der Waals surface area (Å²) in [5, 5.41) is 12.7. The number of nitrogens with zero attached hydrogens (tertiary/aromatic N) is 1. The van der Waals surface area contributed by atoms with Crippen molar-refractivity contribution < 1.29 is 9.53 Å². The van der Waals surface area contributed by atoms with E-state index in [9.17, 15) is 4.79 Å². The first-order valence-corrected chi connectivity index (χ1v) is 6.18. The molecule has 0 heterocycles. The third-order valence-electron chi connectivity index (χ3n) is 1.91. The van der Waals surface area contributed by atoms with Crippen LogP contribution in [0.5, 0.6) is 0 Å². The van der Waals surface area contributed by atoms with Gasteiger partial charge in [-0.25, -0.2) is 4.79 Å². The van der Waals surface area contributed by atoms with Gasteiger partial charge in [0.1, 0.15) is 5.40 Å². The van der Waals surface area contributed by atoms with Gasteiger partial charge < -0.3 is 4.74 Å². The predicted octanol–water partition coefficient (Wildman–Crippen LogP) is 2.76. The van der Waals surface area contributed by atoms with E-state index in [0.717, 1.165) is 17.3 Å². The SMILES string of the molecule is Cc1ccc(NC(=O)OCC#CCSC#N)cc1. The second-order valence-corrected chi connectivity index (χ2v) is 4.06. The average Bonchev–Trinajstić information content (AvgIpc) is 2.36. The van der Waals surface area contributed by atoms with Crippen LogP contribution < -0.4 is 5.32 Å². The van der Waals surface area contributed by atoms with E-state index in [1.165, 1.54) is 0 Å². The van der Waals surface area contributed by atoms with Gasteiger partial charge in [-0.15, -0.1) is 0 Å². The van der Waals surface area contributed by atoms with Crippen LogP contribution in [0, 0.1) is 29.4 Å². The van der Waals surface area contributed by atoms with Gasteiger partial charge in [0, 0.05) is 5.69 Å². The molecule has 1 N–H and O–H groups in total. The first kappa shape index (κ1) is 14.0. The fourth-order valence-electron chi connectivity index (χ4n) is 1.06. The molecule has 0 saturated heterocycles. The molecule has 1 aromatic rings.